The van der Waals surface area contributed by atoms with E-state index < -0.39 is 5.97 Å². The summed E-state index contributed by atoms with van der Waals surface area (Å²) < 4.78 is 5.40. The van der Waals surface area contributed by atoms with Crippen LogP contribution in [0.1, 0.15) is 42.4 Å². The van der Waals surface area contributed by atoms with Crippen LogP contribution in [0.3, 0.4) is 0 Å². The number of pyridine rings is 1. The summed E-state index contributed by atoms with van der Waals surface area (Å²) in [4.78, 5) is 18.4. The molecule has 0 aliphatic carbocycles. The topological polar surface area (TPSA) is 62.7 Å². The number of aryl methyl sites for hydroxylation is 2. The molecule has 0 unspecified atom stereocenters. The fraction of sp³-hybridized carbons (Fsp3) is 0.400. The van der Waals surface area contributed by atoms with E-state index in [0.29, 0.717) is 12.5 Å². The molecule has 1 aromatic heterocycles. The van der Waals surface area contributed by atoms with Gasteiger partial charge < -0.3 is 9.84 Å². The molecule has 0 radical (unpaired) electrons. The second-order valence-corrected chi connectivity index (χ2v) is 9.56. The summed E-state index contributed by atoms with van der Waals surface area (Å²) in [5, 5.41) is 10.7. The zero-order valence-electron chi connectivity index (χ0n) is 20.7. The van der Waals surface area contributed by atoms with Crippen molar-refractivity contribution in [3.63, 3.8) is 0 Å². The number of benzene rings is 2. The van der Waals surface area contributed by atoms with E-state index in [1.54, 1.807) is 7.11 Å². The predicted molar refractivity (Wildman–Crippen MR) is 140 cm³/mol. The number of likely N-dealkylation sites (tertiary alicyclic amines) is 1. The SMILES string of the molecule is COc1ccc2nccc(CCC[C@@H]3CCN(CC#Cc4cccc(C)c4)C[C@@H]3CC(=O)O)c2c1. The predicted octanol–water partition coefficient (Wildman–Crippen LogP) is 5.34. The number of carbonyl (C=O) groups is 1. The minimum absolute atomic E-state index is 0.163. The minimum atomic E-state index is -0.708. The molecular weight excluding hydrogens is 436 g/mol. The maximum atomic E-state index is 11.6. The van der Waals surface area contributed by atoms with E-state index in [1.807, 2.05) is 30.5 Å². The number of rotatable bonds is 8. The average molecular weight is 471 g/mol. The third kappa shape index (κ3) is 6.83. The Morgan fingerprint density at radius 3 is 2.89 bits per heavy atom. The van der Waals surface area contributed by atoms with E-state index in [0.717, 1.165) is 61.0 Å². The molecule has 182 valence electrons. The molecule has 2 heterocycles. The number of nitrogens with zero attached hydrogens (tertiary/aromatic N) is 2. The number of aliphatic carboxylic acids is 1. The van der Waals surface area contributed by atoms with Crippen LogP contribution in [0, 0.1) is 30.6 Å². The first-order chi connectivity index (χ1) is 17.0. The fourth-order valence-corrected chi connectivity index (χ4v) is 5.19. The van der Waals surface area contributed by atoms with Crippen LogP contribution in [0.2, 0.25) is 0 Å². The number of piperidine rings is 1. The Bertz CT molecular complexity index is 1230. The monoisotopic (exact) mass is 470 g/mol. The molecule has 3 aromatic rings. The molecule has 2 aromatic carbocycles. The van der Waals surface area contributed by atoms with E-state index in [-0.39, 0.29) is 12.3 Å². The Morgan fingerprint density at radius 2 is 2.09 bits per heavy atom. The van der Waals surface area contributed by atoms with Gasteiger partial charge >= 0.3 is 5.97 Å². The van der Waals surface area contributed by atoms with Crippen molar-refractivity contribution in [2.45, 2.75) is 39.0 Å². The molecular formula is C30H34N2O3. The molecule has 1 N–H and O–H groups in total. The lowest BCUT2D eigenvalue weighted by atomic mass is 9.80. The normalized spacial score (nSPS) is 18.1. The number of fused-ring (bicyclic) bond motifs is 1. The summed E-state index contributed by atoms with van der Waals surface area (Å²) >= 11 is 0. The van der Waals surface area contributed by atoms with Gasteiger partial charge in [-0.3, -0.25) is 14.7 Å². The van der Waals surface area contributed by atoms with Crippen molar-refractivity contribution < 1.29 is 14.6 Å². The highest BCUT2D eigenvalue weighted by Gasteiger charge is 2.30. The first kappa shape index (κ1) is 24.8. The highest BCUT2D eigenvalue weighted by Crippen LogP contribution is 2.31. The first-order valence-electron chi connectivity index (χ1n) is 12.4. The molecule has 0 bridgehead atoms. The highest BCUT2D eigenvalue weighted by atomic mass is 16.5. The van der Waals surface area contributed by atoms with Crippen LogP contribution in [-0.2, 0) is 11.2 Å². The van der Waals surface area contributed by atoms with Gasteiger partial charge in [0.15, 0.2) is 0 Å². The standard InChI is InChI=1S/C30H34N2O3/c1-22-6-3-7-23(18-22)8-5-16-32-17-14-24(26(21-32)19-30(33)34)9-4-10-25-13-15-31-29-12-11-27(35-2)20-28(25)29/h3,6-7,11-13,15,18,20,24,26H,4,9-10,14,16-17,19,21H2,1-2H3,(H,33,34)/t24-,26+/m1/s1. The molecule has 1 aliphatic heterocycles. The van der Waals surface area contributed by atoms with E-state index in [4.69, 9.17) is 4.74 Å². The van der Waals surface area contributed by atoms with Crippen LogP contribution < -0.4 is 4.74 Å². The maximum absolute atomic E-state index is 11.6. The van der Waals surface area contributed by atoms with Crippen molar-refractivity contribution >= 4 is 16.9 Å². The van der Waals surface area contributed by atoms with Gasteiger partial charge in [-0.05, 0) is 98.5 Å². The van der Waals surface area contributed by atoms with Gasteiger partial charge in [0.05, 0.1) is 19.2 Å². The fourth-order valence-electron chi connectivity index (χ4n) is 5.19. The zero-order chi connectivity index (χ0) is 24.6. The van der Waals surface area contributed by atoms with Gasteiger partial charge in [0.1, 0.15) is 5.75 Å². The lowest BCUT2D eigenvalue weighted by molar-refractivity contribution is -0.139. The Labute approximate surface area is 208 Å². The largest absolute Gasteiger partial charge is 0.497 e. The van der Waals surface area contributed by atoms with Crippen LogP contribution in [0.5, 0.6) is 5.75 Å². The molecule has 0 amide bonds. The summed E-state index contributed by atoms with van der Waals surface area (Å²) in [7, 11) is 1.68. The van der Waals surface area contributed by atoms with Crippen molar-refractivity contribution in [1.82, 2.24) is 9.88 Å². The molecule has 35 heavy (non-hydrogen) atoms. The van der Waals surface area contributed by atoms with Crippen molar-refractivity contribution in [1.29, 1.82) is 0 Å². The molecule has 1 saturated heterocycles. The van der Waals surface area contributed by atoms with E-state index in [2.05, 4.69) is 52.9 Å². The molecule has 5 nitrogen and oxygen atoms in total. The van der Waals surface area contributed by atoms with Gasteiger partial charge in [0.25, 0.3) is 0 Å². The summed E-state index contributed by atoms with van der Waals surface area (Å²) in [6.45, 7) is 4.52. The summed E-state index contributed by atoms with van der Waals surface area (Å²) in [6.07, 6.45) is 6.14. The van der Waals surface area contributed by atoms with Crippen molar-refractivity contribution in [3.05, 3.63) is 71.4 Å². The summed E-state index contributed by atoms with van der Waals surface area (Å²) in [5.74, 6) is 7.26. The van der Waals surface area contributed by atoms with Gasteiger partial charge in [-0.15, -0.1) is 0 Å². The van der Waals surface area contributed by atoms with Gasteiger partial charge in [0, 0.05) is 30.1 Å². The Hall–Kier alpha value is -3.36. The highest BCUT2D eigenvalue weighted by molar-refractivity contribution is 5.83. The van der Waals surface area contributed by atoms with Crippen LogP contribution >= 0.6 is 0 Å². The second-order valence-electron chi connectivity index (χ2n) is 9.56. The molecule has 1 fully saturated rings. The number of methoxy groups -OCH3 is 1. The number of aromatic nitrogens is 1. The average Bonchev–Trinajstić information content (AvgIpc) is 2.85. The van der Waals surface area contributed by atoms with Gasteiger partial charge in [-0.2, -0.15) is 0 Å². The van der Waals surface area contributed by atoms with Gasteiger partial charge in [-0.1, -0.05) is 24.0 Å². The van der Waals surface area contributed by atoms with Crippen molar-refractivity contribution in [2.75, 3.05) is 26.7 Å². The number of carboxylic acids is 1. The third-order valence-electron chi connectivity index (χ3n) is 7.03. The zero-order valence-corrected chi connectivity index (χ0v) is 20.7. The smallest absolute Gasteiger partial charge is 0.303 e. The van der Waals surface area contributed by atoms with Crippen LogP contribution in [0.15, 0.2) is 54.7 Å². The minimum Gasteiger partial charge on any atom is -0.497 e. The van der Waals surface area contributed by atoms with E-state index >= 15 is 0 Å². The van der Waals surface area contributed by atoms with Crippen molar-refractivity contribution in [3.8, 4) is 17.6 Å². The number of hydrogen-bond acceptors (Lipinski definition) is 4. The lowest BCUT2D eigenvalue weighted by Crippen LogP contribution is -2.41. The maximum Gasteiger partial charge on any atom is 0.303 e. The summed E-state index contributed by atoms with van der Waals surface area (Å²) in [5.41, 5.74) is 4.49. The Morgan fingerprint density at radius 1 is 1.20 bits per heavy atom. The van der Waals surface area contributed by atoms with Gasteiger partial charge in [0.2, 0.25) is 0 Å². The van der Waals surface area contributed by atoms with Gasteiger partial charge in [-0.25, -0.2) is 0 Å². The van der Waals surface area contributed by atoms with Crippen LogP contribution in [0.25, 0.3) is 10.9 Å². The van der Waals surface area contributed by atoms with Crippen LogP contribution in [0.4, 0.5) is 0 Å². The second kappa shape index (κ2) is 11.9. The lowest BCUT2D eigenvalue weighted by Gasteiger charge is -2.37. The van der Waals surface area contributed by atoms with Crippen molar-refractivity contribution in [2.24, 2.45) is 11.8 Å². The number of ether oxygens (including phenoxy) is 1. The van der Waals surface area contributed by atoms with E-state index in [1.165, 1.54) is 11.1 Å². The Kier molecular flexibility index (Phi) is 8.39. The van der Waals surface area contributed by atoms with E-state index in [9.17, 15) is 9.90 Å². The molecule has 5 heteroatoms. The molecule has 4 rings (SSSR count). The number of carboxylic acid groups (broad SMARTS) is 1. The summed E-state index contributed by atoms with van der Waals surface area (Å²) in [6, 6.07) is 16.3. The number of hydrogen-bond donors (Lipinski definition) is 1. The quantitative estimate of drug-likeness (QED) is 0.450. The molecule has 0 saturated carbocycles. The first-order valence-corrected chi connectivity index (χ1v) is 12.4. The third-order valence-corrected chi connectivity index (χ3v) is 7.03. The van der Waals surface area contributed by atoms with Crippen LogP contribution in [-0.4, -0.2) is 47.7 Å². The Balaban J connectivity index is 1.35. The molecule has 2 atom stereocenters. The molecule has 0 spiro atoms. The molecule has 1 aliphatic rings.